The highest BCUT2D eigenvalue weighted by Gasteiger charge is 2.02. The quantitative estimate of drug-likeness (QED) is 0.514. The molecule has 5 heteroatoms. The Hall–Kier alpha value is -1.33. The highest BCUT2D eigenvalue weighted by Crippen LogP contribution is 2.05. The molecule has 0 aliphatic heterocycles. The van der Waals surface area contributed by atoms with Gasteiger partial charge in [-0.1, -0.05) is 12.1 Å². The second-order valence-electron chi connectivity index (χ2n) is 2.50. The average molecular weight is 179 g/mol. The maximum atomic E-state index is 11.0. The summed E-state index contributed by atoms with van der Waals surface area (Å²) < 4.78 is 4.54. The van der Waals surface area contributed by atoms with Crippen LogP contribution in [0.3, 0.4) is 0 Å². The van der Waals surface area contributed by atoms with Crippen molar-refractivity contribution in [1.29, 1.82) is 0 Å². The summed E-state index contributed by atoms with van der Waals surface area (Å²) in [4.78, 5) is 15.4. The smallest absolute Gasteiger partial charge is 0.326 e. The van der Waals surface area contributed by atoms with Crippen LogP contribution in [0.15, 0.2) is 24.3 Å². The van der Waals surface area contributed by atoms with Gasteiger partial charge in [0.05, 0.1) is 12.2 Å². The molecule has 4 nitrogen and oxygen atoms in total. The van der Waals surface area contributed by atoms with Crippen molar-refractivity contribution >= 4 is 14.0 Å². The summed E-state index contributed by atoms with van der Waals surface area (Å²) in [7, 11) is 1.35. The Balaban J connectivity index is 2.75. The molecule has 0 unspecified atom stereocenters. The van der Waals surface area contributed by atoms with Crippen molar-refractivity contribution in [2.75, 3.05) is 0 Å². The second kappa shape index (κ2) is 4.64. The zero-order chi connectivity index (χ0) is 9.68. The zero-order valence-corrected chi connectivity index (χ0v) is 7.32. The minimum absolute atomic E-state index is 0.335. The third-order valence-electron chi connectivity index (χ3n) is 1.63. The van der Waals surface area contributed by atoms with Crippen molar-refractivity contribution in [2.45, 2.75) is 6.61 Å². The molecule has 0 atom stereocenters. The normalized spacial score (nSPS) is 9.62. The van der Waals surface area contributed by atoms with E-state index in [1.807, 2.05) is 0 Å². The molecule has 0 fully saturated rings. The fraction of sp³-hybridized carbons (Fsp3) is 0.125. The molecule has 1 rings (SSSR count). The van der Waals surface area contributed by atoms with E-state index >= 15 is 0 Å². The first-order valence-electron chi connectivity index (χ1n) is 3.77. The Bertz CT molecular complexity index is 286. The minimum atomic E-state index is -0.347. The number of nitrogens with two attached hydrogens (primary N) is 1. The number of rotatable bonds is 3. The summed E-state index contributed by atoms with van der Waals surface area (Å²) in [5, 5.41) is 0. The van der Waals surface area contributed by atoms with Crippen molar-refractivity contribution in [1.82, 2.24) is 0 Å². The summed E-state index contributed by atoms with van der Waals surface area (Å²) in [6.45, 7) is 0.335. The van der Waals surface area contributed by atoms with Crippen LogP contribution in [0, 0.1) is 0 Å². The monoisotopic (exact) mass is 179 g/mol. The molecule has 0 saturated carbocycles. The molecule has 1 aromatic rings. The van der Waals surface area contributed by atoms with Crippen molar-refractivity contribution in [2.24, 2.45) is 5.90 Å². The SMILES string of the molecule is BOC(=O)c1ccc(CON)cc1. The van der Waals surface area contributed by atoms with Crippen molar-refractivity contribution in [3.8, 4) is 0 Å². The molecule has 0 aliphatic carbocycles. The van der Waals surface area contributed by atoms with Crippen LogP contribution in [0.25, 0.3) is 0 Å². The first-order valence-corrected chi connectivity index (χ1v) is 3.77. The molecule has 0 saturated heterocycles. The van der Waals surface area contributed by atoms with Crippen molar-refractivity contribution in [3.63, 3.8) is 0 Å². The van der Waals surface area contributed by atoms with Crippen LogP contribution in [0.5, 0.6) is 0 Å². The van der Waals surface area contributed by atoms with E-state index in [-0.39, 0.29) is 5.97 Å². The van der Waals surface area contributed by atoms with Gasteiger partial charge in [0.1, 0.15) is 0 Å². The Morgan fingerprint density at radius 2 is 2.00 bits per heavy atom. The van der Waals surface area contributed by atoms with Gasteiger partial charge in [0.15, 0.2) is 0 Å². The van der Waals surface area contributed by atoms with Crippen LogP contribution in [-0.4, -0.2) is 14.0 Å². The lowest BCUT2D eigenvalue weighted by Gasteiger charge is -2.01. The molecule has 68 valence electrons. The van der Waals surface area contributed by atoms with E-state index in [1.165, 1.54) is 8.05 Å². The molecule has 13 heavy (non-hydrogen) atoms. The molecule has 0 radical (unpaired) electrons. The summed E-state index contributed by atoms with van der Waals surface area (Å²) in [5.41, 5.74) is 1.43. The fourth-order valence-electron chi connectivity index (χ4n) is 0.951. The summed E-state index contributed by atoms with van der Waals surface area (Å²) in [5.74, 6) is 4.55. The zero-order valence-electron chi connectivity index (χ0n) is 7.32. The van der Waals surface area contributed by atoms with E-state index in [2.05, 4.69) is 9.49 Å². The van der Waals surface area contributed by atoms with Crippen LogP contribution in [-0.2, 0) is 16.1 Å². The summed E-state index contributed by atoms with van der Waals surface area (Å²) in [6.07, 6.45) is 0. The molecule has 1 aromatic carbocycles. The molecule has 0 spiro atoms. The fourth-order valence-corrected chi connectivity index (χ4v) is 0.951. The van der Waals surface area contributed by atoms with Crippen LogP contribution >= 0.6 is 0 Å². The molecule has 0 bridgehead atoms. The van der Waals surface area contributed by atoms with Crippen LogP contribution in [0.4, 0.5) is 0 Å². The molecule has 0 aliphatic rings. The largest absolute Gasteiger partial charge is 0.540 e. The van der Waals surface area contributed by atoms with E-state index in [9.17, 15) is 4.79 Å². The van der Waals surface area contributed by atoms with Gasteiger partial charge in [-0.2, -0.15) is 0 Å². The maximum Gasteiger partial charge on any atom is 0.326 e. The number of benzene rings is 1. The standard InChI is InChI=1S/C8H10BNO3/c9-13-8(11)7-3-1-6(2-4-7)5-12-10/h1-4H,5,9-10H2. The molecule has 0 aromatic heterocycles. The van der Waals surface area contributed by atoms with Gasteiger partial charge in [-0.3, -0.25) is 4.84 Å². The molecular weight excluding hydrogens is 169 g/mol. The third-order valence-corrected chi connectivity index (χ3v) is 1.63. The number of hydrogen-bond donors (Lipinski definition) is 1. The lowest BCUT2D eigenvalue weighted by molar-refractivity contribution is 0.0749. The van der Waals surface area contributed by atoms with Gasteiger partial charge in [-0.25, -0.2) is 10.7 Å². The Kier molecular flexibility index (Phi) is 3.48. The van der Waals surface area contributed by atoms with Gasteiger partial charge in [-0.15, -0.1) is 0 Å². The Morgan fingerprint density at radius 1 is 1.38 bits per heavy atom. The van der Waals surface area contributed by atoms with Gasteiger partial charge in [0, 0.05) is 0 Å². The van der Waals surface area contributed by atoms with Gasteiger partial charge >= 0.3 is 14.0 Å². The third kappa shape index (κ3) is 2.57. The number of hydrogen-bond acceptors (Lipinski definition) is 4. The predicted octanol–water partition coefficient (Wildman–Crippen LogP) is -0.218. The van der Waals surface area contributed by atoms with Gasteiger partial charge < -0.3 is 4.65 Å². The van der Waals surface area contributed by atoms with E-state index in [0.717, 1.165) is 5.56 Å². The molecule has 2 N–H and O–H groups in total. The van der Waals surface area contributed by atoms with E-state index < -0.39 is 0 Å². The summed E-state index contributed by atoms with van der Waals surface area (Å²) in [6, 6.07) is 6.86. The second-order valence-corrected chi connectivity index (χ2v) is 2.50. The highest BCUT2D eigenvalue weighted by atomic mass is 16.6. The summed E-state index contributed by atoms with van der Waals surface area (Å²) >= 11 is 0. The minimum Gasteiger partial charge on any atom is -0.540 e. The van der Waals surface area contributed by atoms with Crippen LogP contribution in [0.1, 0.15) is 15.9 Å². The average Bonchev–Trinajstić information content (AvgIpc) is 2.18. The first-order chi connectivity index (χ1) is 6.27. The molecule has 0 heterocycles. The maximum absolute atomic E-state index is 11.0. The predicted molar refractivity (Wildman–Crippen MR) is 49.4 cm³/mol. The highest BCUT2D eigenvalue weighted by molar-refractivity contribution is 6.09. The molecule has 0 amide bonds. The lowest BCUT2D eigenvalue weighted by Crippen LogP contribution is -2.03. The number of carbonyl (C=O) groups excluding carboxylic acids is 1. The van der Waals surface area contributed by atoms with Gasteiger partial charge in [0.25, 0.3) is 0 Å². The Morgan fingerprint density at radius 3 is 2.46 bits per heavy atom. The van der Waals surface area contributed by atoms with Gasteiger partial charge in [-0.05, 0) is 17.7 Å². The number of carbonyl (C=O) groups is 1. The van der Waals surface area contributed by atoms with E-state index in [1.54, 1.807) is 24.3 Å². The van der Waals surface area contributed by atoms with Crippen LogP contribution in [0.2, 0.25) is 0 Å². The van der Waals surface area contributed by atoms with Crippen molar-refractivity contribution < 1.29 is 14.3 Å². The topological polar surface area (TPSA) is 61.5 Å². The first kappa shape index (κ1) is 9.76. The van der Waals surface area contributed by atoms with E-state index in [4.69, 9.17) is 5.90 Å². The van der Waals surface area contributed by atoms with E-state index in [0.29, 0.717) is 12.2 Å². The lowest BCUT2D eigenvalue weighted by atomic mass is 10.1. The van der Waals surface area contributed by atoms with Gasteiger partial charge in [0.2, 0.25) is 0 Å². The molecular formula is C8H10BNO3. The Labute approximate surface area is 77.0 Å². The van der Waals surface area contributed by atoms with Crippen molar-refractivity contribution in [3.05, 3.63) is 35.4 Å². The van der Waals surface area contributed by atoms with Crippen LogP contribution < -0.4 is 5.90 Å².